The lowest BCUT2D eigenvalue weighted by molar-refractivity contribution is 0.876. The largest absolute Gasteiger partial charge is 0.369 e. The van der Waals surface area contributed by atoms with E-state index in [0.717, 1.165) is 40.8 Å². The Labute approximate surface area is 138 Å². The standard InChI is InChI=1S/C17H16ClN3S/c1-10-3-5-12(18)9-14(10)21-17-13(7-8-19-17)16(20-21)15-6-4-11(2)22-15/h3-6,9,19H,7-8H2,1-2H3. The summed E-state index contributed by atoms with van der Waals surface area (Å²) in [5.41, 5.74) is 4.61. The first-order chi connectivity index (χ1) is 10.6. The molecule has 1 N–H and O–H groups in total. The highest BCUT2D eigenvalue weighted by Gasteiger charge is 2.25. The normalized spacial score (nSPS) is 13.2. The fourth-order valence-corrected chi connectivity index (χ4v) is 3.97. The highest BCUT2D eigenvalue weighted by atomic mass is 35.5. The van der Waals surface area contributed by atoms with Gasteiger partial charge in [0.15, 0.2) is 0 Å². The Morgan fingerprint density at radius 3 is 2.86 bits per heavy atom. The number of halogens is 1. The summed E-state index contributed by atoms with van der Waals surface area (Å²) in [6.45, 7) is 5.18. The van der Waals surface area contributed by atoms with Crippen LogP contribution in [-0.2, 0) is 6.42 Å². The average Bonchev–Trinajstić information content (AvgIpc) is 3.17. The molecule has 1 aliphatic heterocycles. The average molecular weight is 330 g/mol. The van der Waals surface area contributed by atoms with Crippen molar-refractivity contribution in [3.8, 4) is 16.3 Å². The molecular formula is C17H16ClN3S. The smallest absolute Gasteiger partial charge is 0.133 e. The predicted molar refractivity (Wildman–Crippen MR) is 93.6 cm³/mol. The summed E-state index contributed by atoms with van der Waals surface area (Å²) >= 11 is 7.98. The molecule has 0 unspecified atom stereocenters. The maximum Gasteiger partial charge on any atom is 0.133 e. The van der Waals surface area contributed by atoms with Gasteiger partial charge >= 0.3 is 0 Å². The van der Waals surface area contributed by atoms with Gasteiger partial charge in [0.25, 0.3) is 0 Å². The molecule has 3 nitrogen and oxygen atoms in total. The number of benzene rings is 1. The van der Waals surface area contributed by atoms with Gasteiger partial charge in [0.1, 0.15) is 11.5 Å². The van der Waals surface area contributed by atoms with Crippen LogP contribution in [0.3, 0.4) is 0 Å². The fourth-order valence-electron chi connectivity index (χ4n) is 2.92. The minimum atomic E-state index is 0.733. The Balaban J connectivity index is 1.93. The molecule has 0 fully saturated rings. The number of rotatable bonds is 2. The minimum absolute atomic E-state index is 0.733. The van der Waals surface area contributed by atoms with Crippen molar-refractivity contribution in [1.29, 1.82) is 0 Å². The molecule has 0 saturated carbocycles. The van der Waals surface area contributed by atoms with E-state index in [2.05, 4.69) is 31.3 Å². The topological polar surface area (TPSA) is 29.9 Å². The van der Waals surface area contributed by atoms with E-state index in [0.29, 0.717) is 0 Å². The first-order valence-corrected chi connectivity index (χ1v) is 8.52. The van der Waals surface area contributed by atoms with Crippen LogP contribution in [0.25, 0.3) is 16.3 Å². The quantitative estimate of drug-likeness (QED) is 0.729. The van der Waals surface area contributed by atoms with E-state index in [-0.39, 0.29) is 0 Å². The number of aromatic nitrogens is 2. The molecule has 3 aromatic rings. The van der Waals surface area contributed by atoms with Gasteiger partial charge in [-0.05, 0) is 50.1 Å². The van der Waals surface area contributed by atoms with E-state index in [1.807, 2.05) is 22.9 Å². The van der Waals surface area contributed by atoms with Gasteiger partial charge in [-0.3, -0.25) is 0 Å². The molecule has 0 saturated heterocycles. The lowest BCUT2D eigenvalue weighted by Gasteiger charge is -2.09. The molecule has 0 atom stereocenters. The van der Waals surface area contributed by atoms with Crippen LogP contribution < -0.4 is 5.32 Å². The van der Waals surface area contributed by atoms with E-state index >= 15 is 0 Å². The number of thiophene rings is 1. The van der Waals surface area contributed by atoms with Crippen LogP contribution in [0.1, 0.15) is 16.0 Å². The van der Waals surface area contributed by atoms with Crippen molar-refractivity contribution in [3.05, 3.63) is 51.4 Å². The van der Waals surface area contributed by atoms with Crippen LogP contribution in [0.4, 0.5) is 5.82 Å². The lowest BCUT2D eigenvalue weighted by atomic mass is 10.2. The van der Waals surface area contributed by atoms with Crippen LogP contribution in [0.15, 0.2) is 30.3 Å². The second-order valence-corrected chi connectivity index (χ2v) is 7.33. The van der Waals surface area contributed by atoms with Gasteiger partial charge in [-0.2, -0.15) is 5.10 Å². The predicted octanol–water partition coefficient (Wildman–Crippen LogP) is 4.84. The third kappa shape index (κ3) is 2.14. The van der Waals surface area contributed by atoms with Crippen molar-refractivity contribution in [3.63, 3.8) is 0 Å². The van der Waals surface area contributed by atoms with E-state index in [1.54, 1.807) is 11.3 Å². The van der Waals surface area contributed by atoms with Crippen molar-refractivity contribution >= 4 is 28.8 Å². The van der Waals surface area contributed by atoms with Crippen LogP contribution in [0.2, 0.25) is 5.02 Å². The Bertz CT molecular complexity index is 863. The number of hydrogen-bond acceptors (Lipinski definition) is 3. The zero-order chi connectivity index (χ0) is 15.3. The van der Waals surface area contributed by atoms with Crippen LogP contribution in [0.5, 0.6) is 0 Å². The summed E-state index contributed by atoms with van der Waals surface area (Å²) in [6, 6.07) is 10.2. The maximum atomic E-state index is 6.19. The van der Waals surface area contributed by atoms with Gasteiger partial charge in [-0.25, -0.2) is 4.68 Å². The van der Waals surface area contributed by atoms with E-state index in [4.69, 9.17) is 16.7 Å². The van der Waals surface area contributed by atoms with Crippen molar-refractivity contribution in [2.24, 2.45) is 0 Å². The first kappa shape index (κ1) is 13.9. The van der Waals surface area contributed by atoms with Crippen molar-refractivity contribution in [2.45, 2.75) is 20.3 Å². The van der Waals surface area contributed by atoms with Gasteiger partial charge in [-0.1, -0.05) is 17.7 Å². The van der Waals surface area contributed by atoms with Gasteiger partial charge in [0.05, 0.1) is 10.6 Å². The Kier molecular flexibility index (Phi) is 3.24. The molecule has 112 valence electrons. The maximum absolute atomic E-state index is 6.19. The molecule has 0 radical (unpaired) electrons. The number of aryl methyl sites for hydroxylation is 2. The number of anilines is 1. The second-order valence-electron chi connectivity index (χ2n) is 5.61. The molecule has 0 aliphatic carbocycles. The molecule has 22 heavy (non-hydrogen) atoms. The van der Waals surface area contributed by atoms with E-state index in [1.165, 1.54) is 15.3 Å². The zero-order valence-corrected chi connectivity index (χ0v) is 14.1. The number of nitrogens with one attached hydrogen (secondary N) is 1. The minimum Gasteiger partial charge on any atom is -0.369 e. The van der Waals surface area contributed by atoms with Crippen molar-refractivity contribution < 1.29 is 0 Å². The SMILES string of the molecule is Cc1ccc(-c2nn(-c3cc(Cl)ccc3C)c3c2CCN3)s1. The second kappa shape index (κ2) is 5.14. The van der Waals surface area contributed by atoms with Gasteiger partial charge < -0.3 is 5.32 Å². The molecule has 0 bridgehead atoms. The Morgan fingerprint density at radius 1 is 1.23 bits per heavy atom. The third-order valence-corrected chi connectivity index (χ3v) is 5.27. The zero-order valence-electron chi connectivity index (χ0n) is 12.5. The highest BCUT2D eigenvalue weighted by Crippen LogP contribution is 2.38. The van der Waals surface area contributed by atoms with Crippen LogP contribution in [-0.4, -0.2) is 16.3 Å². The number of fused-ring (bicyclic) bond motifs is 1. The molecular weight excluding hydrogens is 314 g/mol. The molecule has 3 heterocycles. The molecule has 5 heteroatoms. The summed E-state index contributed by atoms with van der Waals surface area (Å²) < 4.78 is 2.01. The first-order valence-electron chi connectivity index (χ1n) is 7.32. The molecule has 1 aromatic carbocycles. The molecule has 0 spiro atoms. The van der Waals surface area contributed by atoms with Gasteiger partial charge in [-0.15, -0.1) is 11.3 Å². The molecule has 1 aliphatic rings. The third-order valence-electron chi connectivity index (χ3n) is 4.02. The molecule has 2 aromatic heterocycles. The monoisotopic (exact) mass is 329 g/mol. The molecule has 4 rings (SSSR count). The van der Waals surface area contributed by atoms with Gasteiger partial charge in [0.2, 0.25) is 0 Å². The Hall–Kier alpha value is -1.78. The number of hydrogen-bond donors (Lipinski definition) is 1. The van der Waals surface area contributed by atoms with Crippen molar-refractivity contribution in [1.82, 2.24) is 9.78 Å². The summed E-state index contributed by atoms with van der Waals surface area (Å²) in [4.78, 5) is 2.54. The van der Waals surface area contributed by atoms with E-state index < -0.39 is 0 Å². The van der Waals surface area contributed by atoms with Crippen LogP contribution in [0, 0.1) is 13.8 Å². The summed E-state index contributed by atoms with van der Waals surface area (Å²) in [7, 11) is 0. The summed E-state index contributed by atoms with van der Waals surface area (Å²) in [5, 5.41) is 9.10. The highest BCUT2D eigenvalue weighted by molar-refractivity contribution is 7.15. The molecule has 0 amide bonds. The fraction of sp³-hybridized carbons (Fsp3) is 0.235. The van der Waals surface area contributed by atoms with Crippen LogP contribution >= 0.6 is 22.9 Å². The Morgan fingerprint density at radius 2 is 2.09 bits per heavy atom. The lowest BCUT2D eigenvalue weighted by Crippen LogP contribution is -2.05. The number of nitrogens with zero attached hydrogens (tertiary/aromatic N) is 2. The van der Waals surface area contributed by atoms with E-state index in [9.17, 15) is 0 Å². The van der Waals surface area contributed by atoms with Crippen molar-refractivity contribution in [2.75, 3.05) is 11.9 Å². The summed E-state index contributed by atoms with van der Waals surface area (Å²) in [6.07, 6.45) is 1.02. The van der Waals surface area contributed by atoms with Gasteiger partial charge in [0, 0.05) is 22.0 Å². The summed E-state index contributed by atoms with van der Waals surface area (Å²) in [5.74, 6) is 1.10.